The van der Waals surface area contributed by atoms with Crippen LogP contribution in [-0.2, 0) is 9.84 Å². The molecule has 0 aromatic rings. The van der Waals surface area contributed by atoms with E-state index in [2.05, 4.69) is 5.32 Å². The molecule has 0 spiro atoms. The number of nitrogens with one attached hydrogen (secondary N) is 1. The third-order valence-electron chi connectivity index (χ3n) is 2.65. The monoisotopic (exact) mass is 221 g/mol. The van der Waals surface area contributed by atoms with E-state index in [1.165, 1.54) is 0 Å². The number of aliphatic hydroxyl groups is 1. The SMILES string of the molecule is CC(CO)NCCC1CCS(=O)(=O)C1. The van der Waals surface area contributed by atoms with Gasteiger partial charge in [0, 0.05) is 6.04 Å². The largest absolute Gasteiger partial charge is 0.395 e. The van der Waals surface area contributed by atoms with Crippen LogP contribution in [0.15, 0.2) is 0 Å². The zero-order valence-corrected chi connectivity index (χ0v) is 9.39. The minimum absolute atomic E-state index is 0.105. The standard InChI is InChI=1S/C9H19NO3S/c1-8(6-11)10-4-2-9-3-5-14(12,13)7-9/h8-11H,2-7H2,1H3. The Kier molecular flexibility index (Phi) is 4.34. The summed E-state index contributed by atoms with van der Waals surface area (Å²) in [7, 11) is -2.73. The molecule has 0 amide bonds. The van der Waals surface area contributed by atoms with Gasteiger partial charge in [-0.1, -0.05) is 0 Å². The van der Waals surface area contributed by atoms with Crippen LogP contribution in [0, 0.1) is 5.92 Å². The highest BCUT2D eigenvalue weighted by molar-refractivity contribution is 7.91. The van der Waals surface area contributed by atoms with Gasteiger partial charge in [0.15, 0.2) is 9.84 Å². The van der Waals surface area contributed by atoms with E-state index in [4.69, 9.17) is 5.11 Å². The molecule has 0 saturated carbocycles. The Bertz CT molecular complexity index is 263. The molecule has 1 aliphatic rings. The second-order valence-corrected chi connectivity index (χ2v) is 6.32. The Morgan fingerprint density at radius 2 is 2.29 bits per heavy atom. The van der Waals surface area contributed by atoms with E-state index in [9.17, 15) is 8.42 Å². The molecule has 1 saturated heterocycles. The fourth-order valence-corrected chi connectivity index (χ4v) is 3.61. The van der Waals surface area contributed by atoms with Crippen molar-refractivity contribution in [3.63, 3.8) is 0 Å². The molecule has 0 radical (unpaired) electrons. The van der Waals surface area contributed by atoms with E-state index in [1.54, 1.807) is 0 Å². The number of hydrogen-bond acceptors (Lipinski definition) is 4. The lowest BCUT2D eigenvalue weighted by Gasteiger charge is -2.12. The summed E-state index contributed by atoms with van der Waals surface area (Å²) < 4.78 is 22.3. The lowest BCUT2D eigenvalue weighted by atomic mass is 10.1. The third kappa shape index (κ3) is 3.94. The summed E-state index contributed by atoms with van der Waals surface area (Å²) in [6.45, 7) is 2.83. The molecule has 84 valence electrons. The predicted molar refractivity (Wildman–Crippen MR) is 55.9 cm³/mol. The van der Waals surface area contributed by atoms with Gasteiger partial charge in [-0.05, 0) is 32.2 Å². The lowest BCUT2D eigenvalue weighted by Crippen LogP contribution is -2.31. The molecular weight excluding hydrogens is 202 g/mol. The minimum atomic E-state index is -2.73. The fourth-order valence-electron chi connectivity index (χ4n) is 1.70. The molecule has 2 unspecified atom stereocenters. The van der Waals surface area contributed by atoms with Crippen molar-refractivity contribution >= 4 is 9.84 Å². The zero-order valence-electron chi connectivity index (χ0n) is 8.57. The zero-order chi connectivity index (χ0) is 10.6. The summed E-state index contributed by atoms with van der Waals surface area (Å²) in [6, 6.07) is 0.105. The van der Waals surface area contributed by atoms with Gasteiger partial charge in [0.25, 0.3) is 0 Å². The first-order valence-corrected chi connectivity index (χ1v) is 6.90. The molecule has 1 rings (SSSR count). The summed E-state index contributed by atoms with van der Waals surface area (Å²) in [5.41, 5.74) is 0. The summed E-state index contributed by atoms with van der Waals surface area (Å²) in [5, 5.41) is 11.9. The van der Waals surface area contributed by atoms with Crippen molar-refractivity contribution in [1.29, 1.82) is 0 Å². The average Bonchev–Trinajstić information content (AvgIpc) is 2.45. The molecule has 0 aromatic heterocycles. The second kappa shape index (κ2) is 5.09. The van der Waals surface area contributed by atoms with E-state index in [0.717, 1.165) is 19.4 Å². The van der Waals surface area contributed by atoms with Gasteiger partial charge >= 0.3 is 0 Å². The van der Waals surface area contributed by atoms with Crippen LogP contribution < -0.4 is 5.32 Å². The molecule has 1 heterocycles. The van der Waals surface area contributed by atoms with Crippen molar-refractivity contribution in [2.45, 2.75) is 25.8 Å². The molecule has 1 fully saturated rings. The van der Waals surface area contributed by atoms with Gasteiger partial charge in [0.1, 0.15) is 0 Å². The maximum absolute atomic E-state index is 11.1. The van der Waals surface area contributed by atoms with Crippen LogP contribution in [-0.4, -0.2) is 44.2 Å². The van der Waals surface area contributed by atoms with Crippen molar-refractivity contribution in [3.05, 3.63) is 0 Å². The average molecular weight is 221 g/mol. The summed E-state index contributed by atoms with van der Waals surface area (Å²) >= 11 is 0. The molecule has 4 nitrogen and oxygen atoms in total. The van der Waals surface area contributed by atoms with Gasteiger partial charge < -0.3 is 10.4 Å². The predicted octanol–water partition coefficient (Wildman–Crippen LogP) is -0.218. The van der Waals surface area contributed by atoms with Crippen LogP contribution in [0.4, 0.5) is 0 Å². The number of aliphatic hydroxyl groups excluding tert-OH is 1. The van der Waals surface area contributed by atoms with Crippen LogP contribution in [0.2, 0.25) is 0 Å². The molecule has 1 aliphatic heterocycles. The molecule has 14 heavy (non-hydrogen) atoms. The smallest absolute Gasteiger partial charge is 0.150 e. The van der Waals surface area contributed by atoms with Crippen molar-refractivity contribution in [2.75, 3.05) is 24.7 Å². The third-order valence-corrected chi connectivity index (χ3v) is 4.48. The molecule has 0 aromatic carbocycles. The maximum Gasteiger partial charge on any atom is 0.150 e. The Labute approximate surface area is 85.6 Å². The van der Waals surface area contributed by atoms with Gasteiger partial charge in [-0.3, -0.25) is 0 Å². The van der Waals surface area contributed by atoms with Gasteiger partial charge in [0.2, 0.25) is 0 Å². The van der Waals surface area contributed by atoms with E-state index < -0.39 is 9.84 Å². The van der Waals surface area contributed by atoms with Crippen LogP contribution >= 0.6 is 0 Å². The van der Waals surface area contributed by atoms with Gasteiger partial charge in [-0.15, -0.1) is 0 Å². The van der Waals surface area contributed by atoms with Gasteiger partial charge in [-0.25, -0.2) is 8.42 Å². The topological polar surface area (TPSA) is 66.4 Å². The quantitative estimate of drug-likeness (QED) is 0.673. The molecule has 0 aliphatic carbocycles. The Balaban J connectivity index is 2.15. The van der Waals surface area contributed by atoms with Gasteiger partial charge in [-0.2, -0.15) is 0 Å². The molecule has 0 bridgehead atoms. The Morgan fingerprint density at radius 1 is 1.57 bits per heavy atom. The number of rotatable bonds is 5. The summed E-state index contributed by atoms with van der Waals surface area (Å²) in [4.78, 5) is 0. The molecule has 2 atom stereocenters. The van der Waals surface area contributed by atoms with Crippen molar-refractivity contribution in [3.8, 4) is 0 Å². The lowest BCUT2D eigenvalue weighted by molar-refractivity contribution is 0.250. The van der Waals surface area contributed by atoms with E-state index in [0.29, 0.717) is 17.4 Å². The first-order chi connectivity index (χ1) is 6.53. The van der Waals surface area contributed by atoms with Crippen LogP contribution in [0.5, 0.6) is 0 Å². The Hall–Kier alpha value is -0.130. The van der Waals surface area contributed by atoms with E-state index in [-0.39, 0.29) is 12.6 Å². The van der Waals surface area contributed by atoms with E-state index in [1.807, 2.05) is 6.92 Å². The highest BCUT2D eigenvalue weighted by atomic mass is 32.2. The first kappa shape index (κ1) is 11.9. The molecule has 2 N–H and O–H groups in total. The Morgan fingerprint density at radius 3 is 2.79 bits per heavy atom. The summed E-state index contributed by atoms with van der Waals surface area (Å²) in [5.74, 6) is 1.02. The van der Waals surface area contributed by atoms with Crippen LogP contribution in [0.3, 0.4) is 0 Å². The number of sulfone groups is 1. The highest BCUT2D eigenvalue weighted by Gasteiger charge is 2.27. The second-order valence-electron chi connectivity index (χ2n) is 4.10. The minimum Gasteiger partial charge on any atom is -0.395 e. The normalized spacial score (nSPS) is 27.7. The number of hydrogen-bond donors (Lipinski definition) is 2. The summed E-state index contributed by atoms with van der Waals surface area (Å²) in [6.07, 6.45) is 1.70. The van der Waals surface area contributed by atoms with Crippen molar-refractivity contribution < 1.29 is 13.5 Å². The van der Waals surface area contributed by atoms with E-state index >= 15 is 0 Å². The van der Waals surface area contributed by atoms with Gasteiger partial charge in [0.05, 0.1) is 18.1 Å². The van der Waals surface area contributed by atoms with Crippen molar-refractivity contribution in [2.24, 2.45) is 5.92 Å². The van der Waals surface area contributed by atoms with Crippen molar-refractivity contribution in [1.82, 2.24) is 5.32 Å². The first-order valence-electron chi connectivity index (χ1n) is 5.08. The van der Waals surface area contributed by atoms with Crippen LogP contribution in [0.25, 0.3) is 0 Å². The molecular formula is C9H19NO3S. The van der Waals surface area contributed by atoms with Crippen LogP contribution in [0.1, 0.15) is 19.8 Å². The maximum atomic E-state index is 11.1. The molecule has 5 heteroatoms. The fraction of sp³-hybridized carbons (Fsp3) is 1.00. The highest BCUT2D eigenvalue weighted by Crippen LogP contribution is 2.20.